The number of unbranched alkanes of at least 4 members (excludes halogenated alkanes) is 13. The first-order valence-electron chi connectivity index (χ1n) is 13.3. The van der Waals surface area contributed by atoms with Crippen molar-refractivity contribution in [1.82, 2.24) is 0 Å². The van der Waals surface area contributed by atoms with Gasteiger partial charge in [-0.3, -0.25) is 9.05 Å². The summed E-state index contributed by atoms with van der Waals surface area (Å²) in [6.45, 7) is 2.60. The van der Waals surface area contributed by atoms with Gasteiger partial charge in [-0.25, -0.2) is 4.57 Å². The van der Waals surface area contributed by atoms with Gasteiger partial charge in [0.15, 0.2) is 0 Å². The molecular weight excluding hydrogens is 409 g/mol. The molecular formula is C25H51NO4P+. The number of hydrogen-bond donors (Lipinski definition) is 1. The molecule has 0 spiro atoms. The third-order valence-corrected chi connectivity index (χ3v) is 8.89. The molecule has 5 nitrogen and oxygen atoms in total. The van der Waals surface area contributed by atoms with Crippen molar-refractivity contribution in [1.29, 1.82) is 0 Å². The number of fused-ring (bicyclic) bond motifs is 2. The maximum atomic E-state index is 12.3. The minimum Gasteiger partial charge on any atom is -0.323 e. The van der Waals surface area contributed by atoms with Gasteiger partial charge in [0.2, 0.25) is 0 Å². The average Bonchev–Trinajstić information content (AvgIpc) is 2.87. The zero-order valence-corrected chi connectivity index (χ0v) is 21.6. The van der Waals surface area contributed by atoms with Crippen LogP contribution in [0.1, 0.15) is 122 Å². The molecule has 184 valence electrons. The number of quaternary nitrogens is 1. The molecule has 0 saturated carbocycles. The molecule has 0 amide bonds. The number of phosphoric acid groups is 1. The number of rotatable bonds is 18. The Morgan fingerprint density at radius 3 is 1.65 bits per heavy atom. The molecule has 2 heterocycles. The van der Waals surface area contributed by atoms with Crippen LogP contribution in [0.3, 0.4) is 0 Å². The van der Waals surface area contributed by atoms with Crippen molar-refractivity contribution in [2.24, 2.45) is 0 Å². The Hall–Kier alpha value is 0.0700. The first-order valence-corrected chi connectivity index (χ1v) is 14.8. The molecule has 2 aliphatic heterocycles. The Balaban J connectivity index is 1.40. The number of piperidine rings is 1. The van der Waals surface area contributed by atoms with E-state index in [1.54, 1.807) is 0 Å². The van der Waals surface area contributed by atoms with Crippen molar-refractivity contribution < 1.29 is 23.0 Å². The summed E-state index contributed by atoms with van der Waals surface area (Å²) in [5, 5.41) is 0. The summed E-state index contributed by atoms with van der Waals surface area (Å²) in [6.07, 6.45) is 22.2. The van der Waals surface area contributed by atoms with E-state index in [4.69, 9.17) is 9.05 Å². The average molecular weight is 461 g/mol. The van der Waals surface area contributed by atoms with Gasteiger partial charge >= 0.3 is 7.82 Å². The van der Waals surface area contributed by atoms with Gasteiger partial charge in [-0.2, -0.15) is 0 Å². The number of phosphoric ester groups is 1. The maximum absolute atomic E-state index is 12.3. The second kappa shape index (κ2) is 14.4. The summed E-state index contributed by atoms with van der Waals surface area (Å²) >= 11 is 0. The lowest BCUT2D eigenvalue weighted by atomic mass is 9.98. The van der Waals surface area contributed by atoms with E-state index in [9.17, 15) is 9.46 Å². The van der Waals surface area contributed by atoms with Gasteiger partial charge < -0.3 is 9.38 Å². The van der Waals surface area contributed by atoms with Crippen LogP contribution in [0.15, 0.2) is 0 Å². The highest BCUT2D eigenvalue weighted by atomic mass is 31.2. The summed E-state index contributed by atoms with van der Waals surface area (Å²) in [4.78, 5) is 10.1. The number of hydrogen-bond acceptors (Lipinski definition) is 3. The minimum absolute atomic E-state index is 0.129. The largest absolute Gasteiger partial charge is 0.472 e. The molecule has 0 aromatic heterocycles. The second-order valence-corrected chi connectivity index (χ2v) is 12.0. The van der Waals surface area contributed by atoms with E-state index in [0.29, 0.717) is 18.7 Å². The molecule has 31 heavy (non-hydrogen) atoms. The summed E-state index contributed by atoms with van der Waals surface area (Å²) < 4.78 is 24.2. The lowest BCUT2D eigenvalue weighted by Crippen LogP contribution is -2.55. The van der Waals surface area contributed by atoms with E-state index in [-0.39, 0.29) is 6.10 Å². The van der Waals surface area contributed by atoms with Crippen LogP contribution >= 0.6 is 7.82 Å². The Morgan fingerprint density at radius 1 is 0.774 bits per heavy atom. The van der Waals surface area contributed by atoms with Crippen LogP contribution in [-0.4, -0.2) is 48.3 Å². The predicted octanol–water partition coefficient (Wildman–Crippen LogP) is 7.37. The highest BCUT2D eigenvalue weighted by molar-refractivity contribution is 7.47. The first kappa shape index (κ1) is 27.3. The van der Waals surface area contributed by atoms with Crippen LogP contribution in [0.5, 0.6) is 0 Å². The molecule has 0 aliphatic carbocycles. The molecule has 0 aromatic rings. The second-order valence-electron chi connectivity index (χ2n) is 10.6. The van der Waals surface area contributed by atoms with E-state index in [1.165, 1.54) is 89.9 Å². The fourth-order valence-corrected chi connectivity index (χ4v) is 6.58. The van der Waals surface area contributed by atoms with Crippen molar-refractivity contribution in [2.45, 2.75) is 141 Å². The molecule has 0 radical (unpaired) electrons. The van der Waals surface area contributed by atoms with Crippen molar-refractivity contribution in [3.63, 3.8) is 0 Å². The Kier molecular flexibility index (Phi) is 12.7. The molecule has 3 atom stereocenters. The molecule has 2 bridgehead atoms. The van der Waals surface area contributed by atoms with Crippen molar-refractivity contribution in [3.05, 3.63) is 0 Å². The van der Waals surface area contributed by atoms with Crippen LogP contribution in [0, 0.1) is 0 Å². The SMILES string of the molecule is CCCCCCCCCCCCCCCCOP(=O)(O)OC1CC2CCC(C1)[N+]2(C)C. The minimum atomic E-state index is -3.92. The van der Waals surface area contributed by atoms with Crippen LogP contribution < -0.4 is 0 Å². The van der Waals surface area contributed by atoms with Gasteiger partial charge in [0.05, 0.1) is 38.9 Å². The summed E-state index contributed by atoms with van der Waals surface area (Å²) in [5.74, 6) is 0. The molecule has 0 aromatic carbocycles. The van der Waals surface area contributed by atoms with E-state index >= 15 is 0 Å². The predicted molar refractivity (Wildman–Crippen MR) is 129 cm³/mol. The normalized spacial score (nSPS) is 26.8. The van der Waals surface area contributed by atoms with Crippen LogP contribution in [0.25, 0.3) is 0 Å². The fourth-order valence-electron chi connectivity index (χ4n) is 5.61. The maximum Gasteiger partial charge on any atom is 0.472 e. The van der Waals surface area contributed by atoms with Gasteiger partial charge in [0.25, 0.3) is 0 Å². The Morgan fingerprint density at radius 2 is 1.19 bits per heavy atom. The van der Waals surface area contributed by atoms with E-state index < -0.39 is 7.82 Å². The zero-order chi connectivity index (χ0) is 22.6. The quantitative estimate of drug-likeness (QED) is 0.132. The summed E-state index contributed by atoms with van der Waals surface area (Å²) in [7, 11) is 0.640. The Labute approximate surface area is 192 Å². The summed E-state index contributed by atoms with van der Waals surface area (Å²) in [5.41, 5.74) is 0. The molecule has 3 unspecified atom stereocenters. The third kappa shape index (κ3) is 10.3. The van der Waals surface area contributed by atoms with Gasteiger partial charge in [-0.1, -0.05) is 90.4 Å². The van der Waals surface area contributed by atoms with Crippen molar-refractivity contribution in [2.75, 3.05) is 20.7 Å². The monoisotopic (exact) mass is 460 g/mol. The van der Waals surface area contributed by atoms with Crippen LogP contribution in [-0.2, 0) is 13.6 Å². The molecule has 2 saturated heterocycles. The van der Waals surface area contributed by atoms with Gasteiger partial charge in [0, 0.05) is 25.7 Å². The van der Waals surface area contributed by atoms with Crippen LogP contribution in [0.2, 0.25) is 0 Å². The van der Waals surface area contributed by atoms with Crippen molar-refractivity contribution >= 4 is 7.82 Å². The molecule has 6 heteroatoms. The standard InChI is InChI=1S/C25H50NO4P/c1-4-5-6-7-8-9-10-11-12-13-14-15-16-17-20-29-31(27,28)30-25-21-23-18-19-24(22-25)26(23,2)3/h23-25H,4-22H2,1-3H3/p+1. The third-order valence-electron chi connectivity index (χ3n) is 7.82. The van der Waals surface area contributed by atoms with Crippen molar-refractivity contribution in [3.8, 4) is 0 Å². The molecule has 1 N–H and O–H groups in total. The molecule has 2 aliphatic rings. The highest BCUT2D eigenvalue weighted by Gasteiger charge is 2.50. The fraction of sp³-hybridized carbons (Fsp3) is 1.00. The van der Waals surface area contributed by atoms with E-state index in [0.717, 1.165) is 30.2 Å². The van der Waals surface area contributed by atoms with Crippen LogP contribution in [0.4, 0.5) is 0 Å². The van der Waals surface area contributed by atoms with Gasteiger partial charge in [-0.15, -0.1) is 0 Å². The van der Waals surface area contributed by atoms with Gasteiger partial charge in [0.1, 0.15) is 0 Å². The number of nitrogens with zero attached hydrogens (tertiary/aromatic N) is 1. The van der Waals surface area contributed by atoms with E-state index in [1.807, 2.05) is 0 Å². The smallest absolute Gasteiger partial charge is 0.323 e. The lowest BCUT2D eigenvalue weighted by Gasteiger charge is -2.44. The Bertz CT molecular complexity index is 512. The topological polar surface area (TPSA) is 55.8 Å². The molecule has 2 fully saturated rings. The summed E-state index contributed by atoms with van der Waals surface area (Å²) in [6, 6.07) is 1.10. The van der Waals surface area contributed by atoms with E-state index in [2.05, 4.69) is 21.0 Å². The first-order chi connectivity index (χ1) is 14.8. The zero-order valence-electron chi connectivity index (χ0n) is 20.7. The molecule has 2 rings (SSSR count). The van der Waals surface area contributed by atoms with Gasteiger partial charge in [-0.05, 0) is 6.42 Å². The highest BCUT2D eigenvalue weighted by Crippen LogP contribution is 2.49. The lowest BCUT2D eigenvalue weighted by molar-refractivity contribution is -0.931.